The largest absolute Gasteiger partial charge is 0.465 e. The summed E-state index contributed by atoms with van der Waals surface area (Å²) in [4.78, 5) is 11.7. The summed E-state index contributed by atoms with van der Waals surface area (Å²) in [6.45, 7) is 0.830. The first kappa shape index (κ1) is 13.1. The summed E-state index contributed by atoms with van der Waals surface area (Å²) in [7, 11) is 1.51. The molecule has 0 aliphatic carbocycles. The lowest BCUT2D eigenvalue weighted by Gasteiger charge is -2.23. The highest BCUT2D eigenvalue weighted by molar-refractivity contribution is 5.97. The van der Waals surface area contributed by atoms with Gasteiger partial charge in [0.15, 0.2) is 12.1 Å². The average Bonchev–Trinajstić information content (AvgIpc) is 2.40. The number of ether oxygens (including phenoxy) is 3. The molecule has 1 aliphatic rings. The zero-order chi connectivity index (χ0) is 12.8. The molecule has 0 radical (unpaired) electrons. The Hall–Kier alpha value is -1.39. The van der Waals surface area contributed by atoms with Gasteiger partial charge in [-0.2, -0.15) is 0 Å². The first-order valence-corrected chi connectivity index (χ1v) is 6.20. The zero-order valence-electron chi connectivity index (χ0n) is 10.6. The summed E-state index contributed by atoms with van der Waals surface area (Å²) in [5.41, 5.74) is 0.602. The van der Waals surface area contributed by atoms with Crippen LogP contribution in [0.25, 0.3) is 0 Å². The number of hydrogen-bond donors (Lipinski definition) is 0. The van der Waals surface area contributed by atoms with E-state index in [1.807, 2.05) is 6.07 Å². The van der Waals surface area contributed by atoms with Crippen molar-refractivity contribution in [3.8, 4) is 5.75 Å². The van der Waals surface area contributed by atoms with Crippen LogP contribution in [-0.2, 0) is 9.47 Å². The molecule has 0 spiro atoms. The number of carbonyl (C=O) groups excluding carboxylic acids is 1. The van der Waals surface area contributed by atoms with E-state index in [2.05, 4.69) is 0 Å². The maximum atomic E-state index is 11.7. The van der Waals surface area contributed by atoms with Gasteiger partial charge < -0.3 is 14.2 Å². The van der Waals surface area contributed by atoms with Gasteiger partial charge >= 0.3 is 0 Å². The van der Waals surface area contributed by atoms with Gasteiger partial charge in [-0.1, -0.05) is 12.1 Å². The molecule has 0 unspecified atom stereocenters. The number of ketones is 1. The maximum Gasteiger partial charge on any atom is 0.199 e. The second kappa shape index (κ2) is 6.52. The Labute approximate surface area is 107 Å². The molecule has 4 heteroatoms. The van der Waals surface area contributed by atoms with Gasteiger partial charge in [0.05, 0.1) is 6.61 Å². The molecule has 1 aromatic carbocycles. The molecule has 2 rings (SSSR count). The van der Waals surface area contributed by atoms with E-state index in [1.54, 1.807) is 18.2 Å². The van der Waals surface area contributed by atoms with E-state index in [0.29, 0.717) is 11.3 Å². The summed E-state index contributed by atoms with van der Waals surface area (Å²) in [5, 5.41) is 0. The summed E-state index contributed by atoms with van der Waals surface area (Å²) in [6.07, 6.45) is 2.92. The van der Waals surface area contributed by atoms with Crippen LogP contribution in [0.2, 0.25) is 0 Å². The zero-order valence-corrected chi connectivity index (χ0v) is 10.6. The van der Waals surface area contributed by atoms with Crippen molar-refractivity contribution in [2.45, 2.75) is 25.6 Å². The number of hydrogen-bond acceptors (Lipinski definition) is 4. The second-order valence-electron chi connectivity index (χ2n) is 4.30. The molecule has 98 valence electrons. The van der Waals surface area contributed by atoms with Gasteiger partial charge in [-0.15, -0.1) is 0 Å². The summed E-state index contributed by atoms with van der Waals surface area (Å²) < 4.78 is 16.0. The van der Waals surface area contributed by atoms with Crippen molar-refractivity contribution in [1.82, 2.24) is 0 Å². The average molecular weight is 250 g/mol. The van der Waals surface area contributed by atoms with Crippen LogP contribution >= 0.6 is 0 Å². The van der Waals surface area contributed by atoms with Gasteiger partial charge in [-0.25, -0.2) is 0 Å². The summed E-state index contributed by atoms with van der Waals surface area (Å²) >= 11 is 0. The lowest BCUT2D eigenvalue weighted by molar-refractivity contribution is -0.105. The molecule has 1 fully saturated rings. The third-order valence-electron chi connectivity index (χ3n) is 2.84. The van der Waals surface area contributed by atoms with Gasteiger partial charge in [0, 0.05) is 19.1 Å². The first-order chi connectivity index (χ1) is 8.79. The van der Waals surface area contributed by atoms with Gasteiger partial charge in [0.25, 0.3) is 0 Å². The smallest absolute Gasteiger partial charge is 0.199 e. The second-order valence-corrected chi connectivity index (χ2v) is 4.30. The van der Waals surface area contributed by atoms with Crippen LogP contribution in [0.3, 0.4) is 0 Å². The molecule has 1 aromatic rings. The van der Waals surface area contributed by atoms with Crippen LogP contribution in [0.5, 0.6) is 5.75 Å². The highest BCUT2D eigenvalue weighted by atomic mass is 16.7. The van der Waals surface area contributed by atoms with Crippen molar-refractivity contribution in [1.29, 1.82) is 0 Å². The number of Topliss-reactive ketones (excluding diaryl/α,β-unsaturated/α-hetero) is 1. The minimum absolute atomic E-state index is 0.0486. The van der Waals surface area contributed by atoms with Gasteiger partial charge in [0.2, 0.25) is 0 Å². The molecule has 1 aliphatic heterocycles. The standard InChI is InChI=1S/C14H18O4/c1-16-10-13(15)11-5-4-6-12(9-11)18-14-7-2-3-8-17-14/h4-6,9,14H,2-3,7-8,10H2,1H3/t14-/m1/s1. The quantitative estimate of drug-likeness (QED) is 0.753. The van der Waals surface area contributed by atoms with Gasteiger partial charge in [-0.3, -0.25) is 4.79 Å². The Morgan fingerprint density at radius 3 is 3.06 bits per heavy atom. The topological polar surface area (TPSA) is 44.8 Å². The van der Waals surface area contributed by atoms with E-state index < -0.39 is 0 Å². The molecular weight excluding hydrogens is 232 g/mol. The molecular formula is C14H18O4. The molecule has 0 aromatic heterocycles. The van der Waals surface area contributed by atoms with E-state index in [-0.39, 0.29) is 18.7 Å². The highest BCUT2D eigenvalue weighted by Gasteiger charge is 2.15. The third kappa shape index (κ3) is 3.55. The predicted molar refractivity (Wildman–Crippen MR) is 66.9 cm³/mol. The Kier molecular flexibility index (Phi) is 4.73. The molecule has 0 amide bonds. The molecule has 4 nitrogen and oxygen atoms in total. The van der Waals surface area contributed by atoms with Crippen molar-refractivity contribution in [3.63, 3.8) is 0 Å². The van der Waals surface area contributed by atoms with Crippen molar-refractivity contribution in [2.75, 3.05) is 20.3 Å². The van der Waals surface area contributed by atoms with Crippen molar-refractivity contribution < 1.29 is 19.0 Å². The molecule has 18 heavy (non-hydrogen) atoms. The van der Waals surface area contributed by atoms with E-state index in [1.165, 1.54) is 7.11 Å². The number of carbonyl (C=O) groups is 1. The lowest BCUT2D eigenvalue weighted by atomic mass is 10.1. The number of rotatable bonds is 5. The number of benzene rings is 1. The Bertz CT molecular complexity index is 397. The fourth-order valence-electron chi connectivity index (χ4n) is 1.91. The fraction of sp³-hybridized carbons (Fsp3) is 0.500. The Morgan fingerprint density at radius 1 is 1.44 bits per heavy atom. The SMILES string of the molecule is COCC(=O)c1cccc(O[C@@H]2CCCCO2)c1. The van der Waals surface area contributed by atoms with Gasteiger partial charge in [-0.05, 0) is 25.0 Å². The predicted octanol–water partition coefficient (Wildman–Crippen LogP) is 2.42. The van der Waals surface area contributed by atoms with Crippen LogP contribution in [0.15, 0.2) is 24.3 Å². The number of methoxy groups -OCH3 is 1. The lowest BCUT2D eigenvalue weighted by Crippen LogP contribution is -2.25. The van der Waals surface area contributed by atoms with E-state index >= 15 is 0 Å². The maximum absolute atomic E-state index is 11.7. The molecule has 1 heterocycles. The molecule has 0 saturated carbocycles. The first-order valence-electron chi connectivity index (χ1n) is 6.20. The molecule has 1 saturated heterocycles. The van der Waals surface area contributed by atoms with Gasteiger partial charge in [0.1, 0.15) is 12.4 Å². The van der Waals surface area contributed by atoms with E-state index in [0.717, 1.165) is 25.9 Å². The third-order valence-corrected chi connectivity index (χ3v) is 2.84. The summed E-state index contributed by atoms with van der Waals surface area (Å²) in [6, 6.07) is 7.14. The van der Waals surface area contributed by atoms with Crippen LogP contribution < -0.4 is 4.74 Å². The fourth-order valence-corrected chi connectivity index (χ4v) is 1.91. The van der Waals surface area contributed by atoms with Crippen molar-refractivity contribution >= 4 is 5.78 Å². The Morgan fingerprint density at radius 2 is 2.33 bits per heavy atom. The van der Waals surface area contributed by atoms with Crippen molar-refractivity contribution in [3.05, 3.63) is 29.8 Å². The molecule has 1 atom stereocenters. The van der Waals surface area contributed by atoms with Crippen LogP contribution in [-0.4, -0.2) is 32.4 Å². The highest BCUT2D eigenvalue weighted by Crippen LogP contribution is 2.20. The van der Waals surface area contributed by atoms with Crippen LogP contribution in [0.1, 0.15) is 29.6 Å². The summed E-state index contributed by atoms with van der Waals surface area (Å²) in [5.74, 6) is 0.622. The minimum Gasteiger partial charge on any atom is -0.465 e. The van der Waals surface area contributed by atoms with E-state index in [4.69, 9.17) is 14.2 Å². The van der Waals surface area contributed by atoms with Crippen LogP contribution in [0.4, 0.5) is 0 Å². The van der Waals surface area contributed by atoms with Crippen molar-refractivity contribution in [2.24, 2.45) is 0 Å². The normalized spacial score (nSPS) is 19.5. The van der Waals surface area contributed by atoms with E-state index in [9.17, 15) is 4.79 Å². The van der Waals surface area contributed by atoms with Crippen LogP contribution in [0, 0.1) is 0 Å². The molecule has 0 bridgehead atoms. The molecule has 0 N–H and O–H groups in total. The Balaban J connectivity index is 2.00. The minimum atomic E-state index is -0.188. The monoisotopic (exact) mass is 250 g/mol.